The van der Waals surface area contributed by atoms with Crippen molar-refractivity contribution in [3.05, 3.63) is 24.0 Å². The maximum atomic E-state index is 12.1. The number of rotatable bonds is 3. The van der Waals surface area contributed by atoms with Crippen LogP contribution in [-0.2, 0) is 9.59 Å². The smallest absolute Gasteiger partial charge is 0.249 e. The van der Waals surface area contributed by atoms with Gasteiger partial charge in [-0.25, -0.2) is 0 Å². The molecule has 0 bridgehead atoms. The van der Waals surface area contributed by atoms with E-state index in [1.54, 1.807) is 6.08 Å². The molecule has 0 spiro atoms. The van der Waals surface area contributed by atoms with Gasteiger partial charge in [-0.05, 0) is 38.7 Å². The van der Waals surface area contributed by atoms with E-state index in [4.69, 9.17) is 0 Å². The lowest BCUT2D eigenvalue weighted by Crippen LogP contribution is -2.46. The summed E-state index contributed by atoms with van der Waals surface area (Å²) in [5.74, 6) is 0.910. The van der Waals surface area contributed by atoms with Crippen LogP contribution in [0.2, 0.25) is 0 Å². The van der Waals surface area contributed by atoms with Crippen LogP contribution < -0.4 is 5.32 Å². The first-order valence-corrected chi connectivity index (χ1v) is 6.89. The molecule has 2 atom stereocenters. The monoisotopic (exact) mass is 262 g/mol. The number of allylic oxidation sites excluding steroid dienone is 1. The molecule has 2 heterocycles. The van der Waals surface area contributed by atoms with Gasteiger partial charge < -0.3 is 10.2 Å². The van der Waals surface area contributed by atoms with Gasteiger partial charge in [-0.1, -0.05) is 19.9 Å². The molecule has 0 saturated carbocycles. The topological polar surface area (TPSA) is 49.4 Å². The zero-order chi connectivity index (χ0) is 14.2. The molecule has 4 nitrogen and oxygen atoms in total. The van der Waals surface area contributed by atoms with Crippen LogP contribution in [0.25, 0.3) is 0 Å². The molecule has 2 aliphatic rings. The van der Waals surface area contributed by atoms with Gasteiger partial charge in [-0.2, -0.15) is 0 Å². The van der Waals surface area contributed by atoms with E-state index in [1.807, 2.05) is 26.8 Å². The van der Waals surface area contributed by atoms with Crippen molar-refractivity contribution in [1.82, 2.24) is 10.2 Å². The number of carbonyl (C=O) groups excluding carboxylic acids is 2. The average Bonchev–Trinajstić information content (AvgIpc) is 2.74. The largest absolute Gasteiger partial charge is 0.342 e. The molecular formula is C15H22N2O2. The van der Waals surface area contributed by atoms with Crippen molar-refractivity contribution >= 4 is 11.7 Å². The van der Waals surface area contributed by atoms with Crippen molar-refractivity contribution in [3.8, 4) is 0 Å². The summed E-state index contributed by atoms with van der Waals surface area (Å²) in [7, 11) is 0. The molecule has 0 unspecified atom stereocenters. The molecule has 1 N–H and O–H groups in total. The maximum Gasteiger partial charge on any atom is 0.249 e. The highest BCUT2D eigenvalue weighted by molar-refractivity contribution is 6.02. The van der Waals surface area contributed by atoms with Gasteiger partial charge in [0.05, 0.1) is 0 Å². The molecule has 2 aliphatic heterocycles. The van der Waals surface area contributed by atoms with Gasteiger partial charge in [-0.15, -0.1) is 0 Å². The summed E-state index contributed by atoms with van der Waals surface area (Å²) in [6, 6.07) is 0.289. The zero-order valence-corrected chi connectivity index (χ0v) is 12.1. The minimum Gasteiger partial charge on any atom is -0.342 e. The second-order valence-electron chi connectivity index (χ2n) is 6.02. The fourth-order valence-corrected chi connectivity index (χ4v) is 2.86. The quantitative estimate of drug-likeness (QED) is 0.791. The molecule has 0 aromatic heterocycles. The molecule has 19 heavy (non-hydrogen) atoms. The first-order valence-electron chi connectivity index (χ1n) is 6.89. The van der Waals surface area contributed by atoms with Gasteiger partial charge in [0.1, 0.15) is 11.4 Å². The SMILES string of the molecule is CC(C)/C=C/C(=O)NC1=CC(=O)[C@@]2(C)CC[C@H](C)N12. The zero-order valence-electron chi connectivity index (χ0n) is 12.1. The molecule has 0 radical (unpaired) electrons. The molecule has 0 aromatic carbocycles. The van der Waals surface area contributed by atoms with Crippen LogP contribution in [0.3, 0.4) is 0 Å². The standard InChI is InChI=1S/C15H22N2O2/c1-10(2)5-6-14(19)16-13-9-12(18)15(4)8-7-11(3)17(13)15/h5-6,9-11H,7-8H2,1-4H3,(H,16,19)/b6-5+/t11-,15+/m0/s1. The Hall–Kier alpha value is -1.58. The number of hydrogen-bond donors (Lipinski definition) is 1. The van der Waals surface area contributed by atoms with E-state index in [-0.39, 0.29) is 17.7 Å². The molecule has 0 aromatic rings. The molecular weight excluding hydrogens is 240 g/mol. The Morgan fingerprint density at radius 1 is 1.58 bits per heavy atom. The molecule has 1 saturated heterocycles. The number of fused-ring (bicyclic) bond motifs is 1. The lowest BCUT2D eigenvalue weighted by Gasteiger charge is -2.33. The third kappa shape index (κ3) is 2.44. The number of ketones is 1. The van der Waals surface area contributed by atoms with Crippen molar-refractivity contribution in [2.24, 2.45) is 5.92 Å². The van der Waals surface area contributed by atoms with Crippen LogP contribution in [0.1, 0.15) is 40.5 Å². The summed E-state index contributed by atoms with van der Waals surface area (Å²) in [6.07, 6.45) is 6.78. The van der Waals surface area contributed by atoms with Crippen molar-refractivity contribution in [2.75, 3.05) is 0 Å². The lowest BCUT2D eigenvalue weighted by molar-refractivity contribution is -0.122. The van der Waals surface area contributed by atoms with Crippen molar-refractivity contribution in [3.63, 3.8) is 0 Å². The average molecular weight is 262 g/mol. The lowest BCUT2D eigenvalue weighted by atomic mass is 9.96. The van der Waals surface area contributed by atoms with E-state index >= 15 is 0 Å². The third-order valence-electron chi connectivity index (χ3n) is 3.96. The molecule has 2 rings (SSSR count). The van der Waals surface area contributed by atoms with Crippen molar-refractivity contribution in [2.45, 2.75) is 52.1 Å². The fraction of sp³-hybridized carbons (Fsp3) is 0.600. The molecule has 0 aliphatic carbocycles. The predicted octanol–water partition coefficient (Wildman–Crippen LogP) is 1.98. The summed E-state index contributed by atoms with van der Waals surface area (Å²) < 4.78 is 0. The van der Waals surface area contributed by atoms with Crippen LogP contribution in [0.4, 0.5) is 0 Å². The normalized spacial score (nSPS) is 30.2. The second-order valence-corrected chi connectivity index (χ2v) is 6.02. The summed E-state index contributed by atoms with van der Waals surface area (Å²) in [6.45, 7) is 8.08. The van der Waals surface area contributed by atoms with Crippen LogP contribution in [0.5, 0.6) is 0 Å². The molecule has 104 valence electrons. The van der Waals surface area contributed by atoms with E-state index in [2.05, 4.69) is 17.1 Å². The summed E-state index contributed by atoms with van der Waals surface area (Å²) in [5.41, 5.74) is -0.455. The van der Waals surface area contributed by atoms with Gasteiger partial charge >= 0.3 is 0 Å². The second kappa shape index (κ2) is 4.83. The fourth-order valence-electron chi connectivity index (χ4n) is 2.86. The minimum atomic E-state index is -0.455. The first kappa shape index (κ1) is 13.8. The number of nitrogens with one attached hydrogen (secondary N) is 1. The maximum absolute atomic E-state index is 12.1. The van der Waals surface area contributed by atoms with Crippen LogP contribution in [0.15, 0.2) is 24.0 Å². The number of amides is 1. The Labute approximate surface area is 114 Å². The van der Waals surface area contributed by atoms with E-state index in [1.165, 1.54) is 6.08 Å². The highest BCUT2D eigenvalue weighted by Crippen LogP contribution is 2.41. The van der Waals surface area contributed by atoms with E-state index < -0.39 is 5.54 Å². The Kier molecular flexibility index (Phi) is 3.52. The Bertz CT molecular complexity index is 465. The first-order chi connectivity index (χ1) is 8.84. The highest BCUT2D eigenvalue weighted by Gasteiger charge is 2.50. The van der Waals surface area contributed by atoms with Gasteiger partial charge in [0.2, 0.25) is 5.91 Å². The van der Waals surface area contributed by atoms with E-state index in [0.29, 0.717) is 11.7 Å². The van der Waals surface area contributed by atoms with Gasteiger partial charge in [-0.3, -0.25) is 9.59 Å². The number of carbonyl (C=O) groups is 2. The highest BCUT2D eigenvalue weighted by atomic mass is 16.2. The van der Waals surface area contributed by atoms with Gasteiger partial charge in [0.15, 0.2) is 5.78 Å². The van der Waals surface area contributed by atoms with Gasteiger partial charge in [0, 0.05) is 12.1 Å². The van der Waals surface area contributed by atoms with Gasteiger partial charge in [0.25, 0.3) is 0 Å². The summed E-state index contributed by atoms with van der Waals surface area (Å²) in [4.78, 5) is 26.0. The predicted molar refractivity (Wildman–Crippen MR) is 74.2 cm³/mol. The minimum absolute atomic E-state index is 0.0972. The summed E-state index contributed by atoms with van der Waals surface area (Å²) in [5, 5.41) is 2.83. The summed E-state index contributed by atoms with van der Waals surface area (Å²) >= 11 is 0. The van der Waals surface area contributed by atoms with E-state index in [9.17, 15) is 9.59 Å². The van der Waals surface area contributed by atoms with Crippen LogP contribution in [-0.4, -0.2) is 28.2 Å². The molecule has 1 fully saturated rings. The number of nitrogens with zero attached hydrogens (tertiary/aromatic N) is 1. The van der Waals surface area contributed by atoms with Crippen molar-refractivity contribution in [1.29, 1.82) is 0 Å². The van der Waals surface area contributed by atoms with Crippen molar-refractivity contribution < 1.29 is 9.59 Å². The Balaban J connectivity index is 2.11. The van der Waals surface area contributed by atoms with Crippen LogP contribution in [0, 0.1) is 5.92 Å². The third-order valence-corrected chi connectivity index (χ3v) is 3.96. The molecule has 1 amide bonds. The Morgan fingerprint density at radius 2 is 2.26 bits per heavy atom. The van der Waals surface area contributed by atoms with E-state index in [0.717, 1.165) is 12.8 Å². The number of hydrogen-bond acceptors (Lipinski definition) is 3. The molecule has 4 heteroatoms. The Morgan fingerprint density at radius 3 is 2.89 bits per heavy atom. The van der Waals surface area contributed by atoms with Crippen LogP contribution >= 0.6 is 0 Å².